The number of nitrogens with one attached hydrogen (secondary N) is 2. The number of thiophene rings is 1. The van der Waals surface area contributed by atoms with Crippen LogP contribution in [0.25, 0.3) is 0 Å². The highest BCUT2D eigenvalue weighted by atomic mass is 32.2. The SMILES string of the molecule is O=C(N/N=C\c1ccc(C(F)(F)F)cc1)c1ccc(NS(=O)(=O)c2cccs2)cc1. The maximum Gasteiger partial charge on any atom is 0.416 e. The van der Waals surface area contributed by atoms with E-state index in [9.17, 15) is 26.4 Å². The summed E-state index contributed by atoms with van der Waals surface area (Å²) >= 11 is 1.08. The zero-order chi connectivity index (χ0) is 21.8. The van der Waals surface area contributed by atoms with Crippen LogP contribution in [0.5, 0.6) is 0 Å². The van der Waals surface area contributed by atoms with Crippen LogP contribution in [0.15, 0.2) is 75.4 Å². The van der Waals surface area contributed by atoms with E-state index in [1.807, 2.05) is 0 Å². The van der Waals surface area contributed by atoms with Gasteiger partial charge < -0.3 is 0 Å². The lowest BCUT2D eigenvalue weighted by atomic mass is 10.1. The van der Waals surface area contributed by atoms with Gasteiger partial charge in [0.1, 0.15) is 4.21 Å². The molecule has 0 fully saturated rings. The first-order chi connectivity index (χ1) is 14.1. The van der Waals surface area contributed by atoms with Gasteiger partial charge >= 0.3 is 6.18 Å². The van der Waals surface area contributed by atoms with Crippen molar-refractivity contribution in [2.45, 2.75) is 10.4 Å². The van der Waals surface area contributed by atoms with Gasteiger partial charge in [0.05, 0.1) is 11.8 Å². The minimum atomic E-state index is -4.42. The van der Waals surface area contributed by atoms with E-state index >= 15 is 0 Å². The first kappa shape index (κ1) is 21.5. The van der Waals surface area contributed by atoms with Crippen LogP contribution in [-0.2, 0) is 16.2 Å². The second kappa shape index (κ2) is 8.67. The van der Waals surface area contributed by atoms with E-state index in [1.54, 1.807) is 11.4 Å². The van der Waals surface area contributed by atoms with Gasteiger partial charge in [-0.05, 0) is 53.4 Å². The second-order valence-electron chi connectivity index (χ2n) is 5.93. The number of sulfonamides is 1. The molecule has 11 heteroatoms. The zero-order valence-electron chi connectivity index (χ0n) is 15.1. The number of rotatable bonds is 6. The highest BCUT2D eigenvalue weighted by molar-refractivity contribution is 7.94. The lowest BCUT2D eigenvalue weighted by molar-refractivity contribution is -0.137. The molecule has 0 saturated heterocycles. The molecule has 1 amide bonds. The van der Waals surface area contributed by atoms with Crippen molar-refractivity contribution in [1.29, 1.82) is 0 Å². The van der Waals surface area contributed by atoms with E-state index < -0.39 is 27.7 Å². The lowest BCUT2D eigenvalue weighted by Gasteiger charge is -2.07. The molecular weight excluding hydrogens is 439 g/mol. The first-order valence-corrected chi connectivity index (χ1v) is 10.7. The number of carbonyl (C=O) groups excluding carboxylic acids is 1. The summed E-state index contributed by atoms with van der Waals surface area (Å²) in [7, 11) is -3.69. The molecule has 0 unspecified atom stereocenters. The molecular formula is C19H14F3N3O3S2. The second-order valence-corrected chi connectivity index (χ2v) is 8.79. The van der Waals surface area contributed by atoms with Crippen molar-refractivity contribution < 1.29 is 26.4 Å². The minimum Gasteiger partial charge on any atom is -0.279 e. The van der Waals surface area contributed by atoms with Crippen LogP contribution < -0.4 is 10.1 Å². The molecule has 1 aromatic heterocycles. The number of nitrogens with zero attached hydrogens (tertiary/aromatic N) is 1. The summed E-state index contributed by atoms with van der Waals surface area (Å²) in [6, 6.07) is 13.1. The van der Waals surface area contributed by atoms with Crippen LogP contribution in [0, 0.1) is 0 Å². The van der Waals surface area contributed by atoms with E-state index in [1.165, 1.54) is 48.7 Å². The lowest BCUT2D eigenvalue weighted by Crippen LogP contribution is -2.17. The Labute approximate surface area is 174 Å². The van der Waals surface area contributed by atoms with E-state index in [4.69, 9.17) is 0 Å². The Morgan fingerprint density at radius 2 is 1.67 bits per heavy atom. The van der Waals surface area contributed by atoms with E-state index in [0.717, 1.165) is 23.5 Å². The third-order valence-electron chi connectivity index (χ3n) is 3.78. The molecule has 0 aliphatic rings. The Morgan fingerprint density at radius 1 is 1.00 bits per heavy atom. The van der Waals surface area contributed by atoms with Gasteiger partial charge in [0.15, 0.2) is 0 Å². The molecule has 3 rings (SSSR count). The Morgan fingerprint density at radius 3 is 2.23 bits per heavy atom. The monoisotopic (exact) mass is 453 g/mol. The maximum absolute atomic E-state index is 12.5. The molecule has 6 nitrogen and oxygen atoms in total. The molecule has 0 atom stereocenters. The fraction of sp³-hybridized carbons (Fsp3) is 0.0526. The van der Waals surface area contributed by atoms with Crippen LogP contribution in [0.2, 0.25) is 0 Å². The van der Waals surface area contributed by atoms with Crippen LogP contribution >= 0.6 is 11.3 Å². The normalized spacial score (nSPS) is 12.1. The van der Waals surface area contributed by atoms with E-state index in [2.05, 4.69) is 15.2 Å². The fourth-order valence-electron chi connectivity index (χ4n) is 2.30. The number of amides is 1. The third kappa shape index (κ3) is 5.45. The van der Waals surface area contributed by atoms with Gasteiger partial charge in [0, 0.05) is 11.3 Å². The number of halogens is 3. The van der Waals surface area contributed by atoms with Crippen LogP contribution in [0.4, 0.5) is 18.9 Å². The van der Waals surface area contributed by atoms with Gasteiger partial charge in [0.2, 0.25) is 0 Å². The molecule has 2 N–H and O–H groups in total. The molecule has 0 aliphatic heterocycles. The summed E-state index contributed by atoms with van der Waals surface area (Å²) in [5.41, 5.74) is 2.36. The van der Waals surface area contributed by atoms with Crippen molar-refractivity contribution in [3.05, 3.63) is 82.7 Å². The molecule has 1 heterocycles. The summed E-state index contributed by atoms with van der Waals surface area (Å²) < 4.78 is 64.5. The van der Waals surface area contributed by atoms with Crippen molar-refractivity contribution in [2.75, 3.05) is 4.72 Å². The Hall–Kier alpha value is -3.18. The molecule has 0 bridgehead atoms. The number of hydrazone groups is 1. The summed E-state index contributed by atoms with van der Waals surface area (Å²) in [6.45, 7) is 0. The highest BCUT2D eigenvalue weighted by Gasteiger charge is 2.29. The standard InChI is InChI=1S/C19H14F3N3O3S2/c20-19(21,22)15-7-3-13(4-8-15)12-23-24-18(26)14-5-9-16(10-6-14)25-30(27,28)17-2-1-11-29-17/h1-12,25H,(H,24,26)/b23-12-. The first-order valence-electron chi connectivity index (χ1n) is 8.32. The van der Waals surface area contributed by atoms with Crippen molar-refractivity contribution >= 4 is 39.2 Å². The summed E-state index contributed by atoms with van der Waals surface area (Å²) in [4.78, 5) is 12.1. The molecule has 0 spiro atoms. The number of carbonyl (C=O) groups is 1. The number of hydrogen-bond acceptors (Lipinski definition) is 5. The third-order valence-corrected chi connectivity index (χ3v) is 6.56. The number of anilines is 1. The average Bonchev–Trinajstić information content (AvgIpc) is 3.24. The van der Waals surface area contributed by atoms with Crippen molar-refractivity contribution in [2.24, 2.45) is 5.10 Å². The molecule has 156 valence electrons. The van der Waals surface area contributed by atoms with Gasteiger partial charge in [-0.3, -0.25) is 9.52 Å². The van der Waals surface area contributed by atoms with Gasteiger partial charge in [-0.2, -0.15) is 18.3 Å². The quantitative estimate of drug-likeness (QED) is 0.430. The Kier molecular flexibility index (Phi) is 6.22. The minimum absolute atomic E-state index is 0.168. The molecule has 0 aliphatic carbocycles. The van der Waals surface area contributed by atoms with Gasteiger partial charge in [-0.1, -0.05) is 18.2 Å². The summed E-state index contributed by atoms with van der Waals surface area (Å²) in [5, 5.41) is 5.36. The van der Waals surface area contributed by atoms with Crippen molar-refractivity contribution in [1.82, 2.24) is 5.43 Å². The summed E-state index contributed by atoms with van der Waals surface area (Å²) in [6.07, 6.45) is -3.21. The highest BCUT2D eigenvalue weighted by Crippen LogP contribution is 2.28. The van der Waals surface area contributed by atoms with Crippen molar-refractivity contribution in [3.63, 3.8) is 0 Å². The molecule has 0 saturated carbocycles. The zero-order valence-corrected chi connectivity index (χ0v) is 16.7. The predicted octanol–water partition coefficient (Wildman–Crippen LogP) is 4.33. The number of benzene rings is 2. The van der Waals surface area contributed by atoms with Gasteiger partial charge in [-0.15, -0.1) is 11.3 Å². The molecule has 30 heavy (non-hydrogen) atoms. The number of hydrogen-bond donors (Lipinski definition) is 2. The fourth-order valence-corrected chi connectivity index (χ4v) is 4.35. The van der Waals surface area contributed by atoms with Gasteiger partial charge in [0.25, 0.3) is 15.9 Å². The van der Waals surface area contributed by atoms with Crippen LogP contribution in [0.1, 0.15) is 21.5 Å². The number of alkyl halides is 3. The Bertz CT molecular complexity index is 1140. The van der Waals surface area contributed by atoms with Crippen LogP contribution in [0.3, 0.4) is 0 Å². The molecule has 2 aromatic carbocycles. The average molecular weight is 453 g/mol. The van der Waals surface area contributed by atoms with Crippen molar-refractivity contribution in [3.8, 4) is 0 Å². The molecule has 3 aromatic rings. The van der Waals surface area contributed by atoms with E-state index in [0.29, 0.717) is 5.56 Å². The largest absolute Gasteiger partial charge is 0.416 e. The summed E-state index contributed by atoms with van der Waals surface area (Å²) in [5.74, 6) is -0.564. The predicted molar refractivity (Wildman–Crippen MR) is 108 cm³/mol. The Balaban J connectivity index is 1.59. The van der Waals surface area contributed by atoms with E-state index in [-0.39, 0.29) is 15.5 Å². The van der Waals surface area contributed by atoms with Gasteiger partial charge in [-0.25, -0.2) is 13.8 Å². The topological polar surface area (TPSA) is 87.6 Å². The van der Waals surface area contributed by atoms with Crippen LogP contribution in [-0.4, -0.2) is 20.5 Å². The molecule has 0 radical (unpaired) electrons. The smallest absolute Gasteiger partial charge is 0.279 e. The maximum atomic E-state index is 12.5.